The van der Waals surface area contributed by atoms with Crippen LogP contribution in [-0.4, -0.2) is 48.6 Å². The van der Waals surface area contributed by atoms with Gasteiger partial charge in [-0.3, -0.25) is 4.90 Å². The molecule has 0 amide bonds. The first-order valence-electron chi connectivity index (χ1n) is 8.38. The molecule has 1 N–H and O–H groups in total. The van der Waals surface area contributed by atoms with Crippen molar-refractivity contribution in [2.45, 2.75) is 46.2 Å². The molecule has 0 aromatic carbocycles. The molecule has 0 saturated carbocycles. The van der Waals surface area contributed by atoms with Crippen molar-refractivity contribution in [2.24, 2.45) is 0 Å². The fourth-order valence-electron chi connectivity index (χ4n) is 3.40. The topological polar surface area (TPSA) is 31.4 Å². The Morgan fingerprint density at radius 3 is 2.81 bits per heavy atom. The van der Waals surface area contributed by atoms with E-state index in [-0.39, 0.29) is 0 Å². The first-order valence-corrected chi connectivity index (χ1v) is 8.38. The van der Waals surface area contributed by atoms with Crippen LogP contribution < -0.4 is 10.2 Å². The second-order valence-electron chi connectivity index (χ2n) is 5.81. The number of hydrogen-bond acceptors (Lipinski definition) is 4. The van der Waals surface area contributed by atoms with Crippen LogP contribution in [0.3, 0.4) is 0 Å². The summed E-state index contributed by atoms with van der Waals surface area (Å²) in [5.74, 6) is 1.17. The molecule has 1 aromatic heterocycles. The highest BCUT2D eigenvalue weighted by Crippen LogP contribution is 2.28. The average molecular weight is 290 g/mol. The van der Waals surface area contributed by atoms with Crippen molar-refractivity contribution in [1.29, 1.82) is 0 Å². The number of nitrogens with one attached hydrogen (secondary N) is 1. The molecule has 0 aliphatic carbocycles. The average Bonchev–Trinajstić information content (AvgIpc) is 2.98. The fourth-order valence-corrected chi connectivity index (χ4v) is 3.40. The highest BCUT2D eigenvalue weighted by molar-refractivity contribution is 5.49. The number of pyridine rings is 1. The number of aromatic nitrogens is 1. The van der Waals surface area contributed by atoms with Crippen molar-refractivity contribution in [3.05, 3.63) is 23.9 Å². The molecule has 1 saturated heterocycles. The lowest BCUT2D eigenvalue weighted by atomic mass is 10.1. The van der Waals surface area contributed by atoms with E-state index in [1.165, 1.54) is 17.8 Å². The quantitative estimate of drug-likeness (QED) is 0.836. The summed E-state index contributed by atoms with van der Waals surface area (Å²) >= 11 is 0. The van der Waals surface area contributed by atoms with E-state index in [1.807, 2.05) is 12.3 Å². The minimum Gasteiger partial charge on any atom is -0.355 e. The number of anilines is 1. The third kappa shape index (κ3) is 3.74. The first-order chi connectivity index (χ1) is 10.2. The van der Waals surface area contributed by atoms with Gasteiger partial charge in [0.05, 0.1) is 0 Å². The van der Waals surface area contributed by atoms with E-state index in [0.29, 0.717) is 12.1 Å². The molecule has 2 rings (SSSR count). The summed E-state index contributed by atoms with van der Waals surface area (Å²) in [6, 6.07) is 5.28. The van der Waals surface area contributed by atoms with E-state index >= 15 is 0 Å². The Morgan fingerprint density at radius 2 is 2.14 bits per heavy atom. The largest absolute Gasteiger partial charge is 0.355 e. The second-order valence-corrected chi connectivity index (χ2v) is 5.81. The zero-order chi connectivity index (χ0) is 15.2. The van der Waals surface area contributed by atoms with Gasteiger partial charge in [-0.25, -0.2) is 4.98 Å². The predicted molar refractivity (Wildman–Crippen MR) is 89.9 cm³/mol. The first kappa shape index (κ1) is 16.2. The van der Waals surface area contributed by atoms with Crippen LogP contribution in [-0.2, 0) is 0 Å². The van der Waals surface area contributed by atoms with Crippen molar-refractivity contribution in [3.8, 4) is 0 Å². The van der Waals surface area contributed by atoms with Crippen molar-refractivity contribution in [3.63, 3.8) is 0 Å². The van der Waals surface area contributed by atoms with E-state index < -0.39 is 0 Å². The van der Waals surface area contributed by atoms with E-state index in [1.54, 1.807) is 0 Å². The molecule has 1 aliphatic rings. The fraction of sp³-hybridized carbons (Fsp3) is 0.706. The van der Waals surface area contributed by atoms with Gasteiger partial charge in [-0.15, -0.1) is 0 Å². The van der Waals surface area contributed by atoms with Crippen molar-refractivity contribution in [1.82, 2.24) is 15.2 Å². The third-order valence-electron chi connectivity index (χ3n) is 4.59. The van der Waals surface area contributed by atoms with Crippen LogP contribution in [0.4, 0.5) is 5.82 Å². The summed E-state index contributed by atoms with van der Waals surface area (Å²) in [6.45, 7) is 14.4. The van der Waals surface area contributed by atoms with Gasteiger partial charge in [0.1, 0.15) is 5.82 Å². The molecule has 2 heterocycles. The summed E-state index contributed by atoms with van der Waals surface area (Å²) in [5, 5.41) is 3.50. The van der Waals surface area contributed by atoms with Crippen molar-refractivity contribution < 1.29 is 0 Å². The Labute approximate surface area is 129 Å². The number of likely N-dealkylation sites (N-methyl/N-ethyl adjacent to an activating group) is 1. The van der Waals surface area contributed by atoms with Crippen LogP contribution >= 0.6 is 0 Å². The lowest BCUT2D eigenvalue weighted by molar-refractivity contribution is 0.232. The van der Waals surface area contributed by atoms with Crippen LogP contribution in [0.2, 0.25) is 0 Å². The minimum absolute atomic E-state index is 0.353. The molecule has 2 atom stereocenters. The molecule has 4 nitrogen and oxygen atoms in total. The smallest absolute Gasteiger partial charge is 0.133 e. The van der Waals surface area contributed by atoms with Crippen LogP contribution in [0, 0.1) is 0 Å². The standard InChI is InChI=1S/C17H30N4/c1-5-18-14(4)16-9-8-11-19-17(16)21-12-10-15(13-21)20(6-2)7-3/h8-9,11,14-15,18H,5-7,10,12-13H2,1-4H3. The summed E-state index contributed by atoms with van der Waals surface area (Å²) in [4.78, 5) is 9.71. The summed E-state index contributed by atoms with van der Waals surface area (Å²) in [6.07, 6.45) is 3.16. The summed E-state index contributed by atoms with van der Waals surface area (Å²) in [5.41, 5.74) is 1.32. The molecular weight excluding hydrogens is 260 g/mol. The maximum Gasteiger partial charge on any atom is 0.133 e. The zero-order valence-corrected chi connectivity index (χ0v) is 14.0. The monoisotopic (exact) mass is 290 g/mol. The van der Waals surface area contributed by atoms with Crippen molar-refractivity contribution >= 4 is 5.82 Å². The molecule has 2 unspecified atom stereocenters. The minimum atomic E-state index is 0.353. The van der Waals surface area contributed by atoms with E-state index in [0.717, 1.165) is 32.7 Å². The lowest BCUT2D eigenvalue weighted by Crippen LogP contribution is -2.37. The SMILES string of the molecule is CCNC(C)c1cccnc1N1CCC(N(CC)CC)C1. The Kier molecular flexibility index (Phi) is 6.00. The van der Waals surface area contributed by atoms with Gasteiger partial charge in [-0.05, 0) is 39.0 Å². The predicted octanol–water partition coefficient (Wildman–Crippen LogP) is 2.67. The van der Waals surface area contributed by atoms with E-state index in [9.17, 15) is 0 Å². The molecule has 0 radical (unpaired) electrons. The molecule has 1 fully saturated rings. The Morgan fingerprint density at radius 1 is 1.38 bits per heavy atom. The van der Waals surface area contributed by atoms with Gasteiger partial charge < -0.3 is 10.2 Å². The lowest BCUT2D eigenvalue weighted by Gasteiger charge is -2.27. The highest BCUT2D eigenvalue weighted by atomic mass is 15.3. The molecule has 118 valence electrons. The Balaban J connectivity index is 2.12. The van der Waals surface area contributed by atoms with Gasteiger partial charge >= 0.3 is 0 Å². The van der Waals surface area contributed by atoms with Gasteiger partial charge in [0.2, 0.25) is 0 Å². The van der Waals surface area contributed by atoms with Gasteiger partial charge in [0, 0.05) is 36.9 Å². The normalized spacial score (nSPS) is 20.2. The number of hydrogen-bond donors (Lipinski definition) is 1. The number of rotatable bonds is 7. The van der Waals surface area contributed by atoms with Gasteiger partial charge in [0.15, 0.2) is 0 Å². The van der Waals surface area contributed by atoms with Crippen LogP contribution in [0.15, 0.2) is 18.3 Å². The Bertz CT molecular complexity index is 431. The molecule has 21 heavy (non-hydrogen) atoms. The molecule has 4 heteroatoms. The maximum absolute atomic E-state index is 4.68. The molecule has 0 spiro atoms. The molecule has 1 aromatic rings. The van der Waals surface area contributed by atoms with Gasteiger partial charge in [-0.1, -0.05) is 26.8 Å². The summed E-state index contributed by atoms with van der Waals surface area (Å²) < 4.78 is 0. The maximum atomic E-state index is 4.68. The van der Waals surface area contributed by atoms with Crippen LogP contribution in [0.25, 0.3) is 0 Å². The van der Waals surface area contributed by atoms with Crippen LogP contribution in [0.5, 0.6) is 0 Å². The Hall–Kier alpha value is -1.13. The number of nitrogens with zero attached hydrogens (tertiary/aromatic N) is 3. The van der Waals surface area contributed by atoms with Crippen LogP contribution in [0.1, 0.15) is 45.7 Å². The third-order valence-corrected chi connectivity index (χ3v) is 4.59. The van der Waals surface area contributed by atoms with E-state index in [4.69, 9.17) is 0 Å². The highest BCUT2D eigenvalue weighted by Gasteiger charge is 2.28. The molecular formula is C17H30N4. The summed E-state index contributed by atoms with van der Waals surface area (Å²) in [7, 11) is 0. The second kappa shape index (κ2) is 7.76. The van der Waals surface area contributed by atoms with Gasteiger partial charge in [0.25, 0.3) is 0 Å². The molecule has 0 bridgehead atoms. The van der Waals surface area contributed by atoms with Crippen molar-refractivity contribution in [2.75, 3.05) is 37.6 Å². The van der Waals surface area contributed by atoms with E-state index in [2.05, 4.69) is 53.9 Å². The molecule has 1 aliphatic heterocycles. The van der Waals surface area contributed by atoms with Gasteiger partial charge in [-0.2, -0.15) is 0 Å². The zero-order valence-electron chi connectivity index (χ0n) is 14.0.